The summed E-state index contributed by atoms with van der Waals surface area (Å²) in [6, 6.07) is 8.93. The Morgan fingerprint density at radius 1 is 1.04 bits per heavy atom. The highest BCUT2D eigenvalue weighted by molar-refractivity contribution is 7.92. The van der Waals surface area contributed by atoms with Crippen LogP contribution in [-0.4, -0.2) is 8.42 Å². The number of halogens is 4. The molecule has 0 unspecified atom stereocenters. The third-order valence-corrected chi connectivity index (χ3v) is 5.09. The van der Waals surface area contributed by atoms with Gasteiger partial charge in [0.05, 0.1) is 15.5 Å². The van der Waals surface area contributed by atoms with Crippen LogP contribution in [0.2, 0.25) is 5.02 Å². The van der Waals surface area contributed by atoms with Crippen LogP contribution in [0.5, 0.6) is 0 Å². The summed E-state index contributed by atoms with van der Waals surface area (Å²) in [5.41, 5.74) is -2.53. The fraction of sp³-hybridized carbons (Fsp3) is 0.0625. The SMILES string of the molecule is O=c1oc2c(Cl)cccc2cc1NS(=O)(=O)c1cccc(C(F)(F)F)c1. The highest BCUT2D eigenvalue weighted by atomic mass is 35.5. The van der Waals surface area contributed by atoms with Crippen LogP contribution in [0.4, 0.5) is 18.9 Å². The van der Waals surface area contributed by atoms with E-state index in [1.54, 1.807) is 6.07 Å². The van der Waals surface area contributed by atoms with E-state index >= 15 is 0 Å². The monoisotopic (exact) mass is 403 g/mol. The molecular formula is C16H9ClF3NO4S. The highest BCUT2D eigenvalue weighted by Gasteiger charge is 2.31. The zero-order valence-corrected chi connectivity index (χ0v) is 14.2. The lowest BCUT2D eigenvalue weighted by Crippen LogP contribution is -2.19. The first-order valence-corrected chi connectivity index (χ1v) is 8.86. The van der Waals surface area contributed by atoms with Gasteiger partial charge in [-0.15, -0.1) is 0 Å². The second-order valence-corrected chi connectivity index (χ2v) is 7.33. The molecule has 0 atom stereocenters. The summed E-state index contributed by atoms with van der Waals surface area (Å²) in [7, 11) is -4.44. The number of alkyl halides is 3. The average Bonchev–Trinajstić information content (AvgIpc) is 2.56. The van der Waals surface area contributed by atoms with Gasteiger partial charge in [0, 0.05) is 5.39 Å². The number of hydrogen-bond donors (Lipinski definition) is 1. The van der Waals surface area contributed by atoms with Gasteiger partial charge in [-0.05, 0) is 30.3 Å². The van der Waals surface area contributed by atoms with Gasteiger partial charge >= 0.3 is 11.8 Å². The Kier molecular flexibility index (Phi) is 4.45. The van der Waals surface area contributed by atoms with E-state index in [2.05, 4.69) is 0 Å². The Morgan fingerprint density at radius 2 is 1.73 bits per heavy atom. The molecule has 0 saturated heterocycles. The second kappa shape index (κ2) is 6.33. The lowest BCUT2D eigenvalue weighted by Gasteiger charge is -2.11. The minimum absolute atomic E-state index is 0.0705. The topological polar surface area (TPSA) is 76.4 Å². The van der Waals surface area contributed by atoms with Crippen LogP contribution in [0.25, 0.3) is 11.0 Å². The summed E-state index contributed by atoms with van der Waals surface area (Å²) < 4.78 is 69.9. The number of rotatable bonds is 3. The highest BCUT2D eigenvalue weighted by Crippen LogP contribution is 2.31. The molecule has 0 radical (unpaired) electrons. The standard InChI is InChI=1S/C16H9ClF3NO4S/c17-12-6-1-3-9-7-13(15(22)25-14(9)12)21-26(23,24)11-5-2-4-10(8-11)16(18,19)20/h1-8,21H. The fourth-order valence-electron chi connectivity index (χ4n) is 2.22. The minimum Gasteiger partial charge on any atom is -0.420 e. The number of fused-ring (bicyclic) bond motifs is 1. The Hall–Kier alpha value is -2.52. The van der Waals surface area contributed by atoms with Crippen LogP contribution in [-0.2, 0) is 16.2 Å². The molecule has 26 heavy (non-hydrogen) atoms. The van der Waals surface area contributed by atoms with Gasteiger partial charge < -0.3 is 4.42 Å². The summed E-state index contributed by atoms with van der Waals surface area (Å²) >= 11 is 5.89. The van der Waals surface area contributed by atoms with Crippen molar-refractivity contribution in [3.05, 3.63) is 69.5 Å². The molecule has 1 heterocycles. The molecule has 0 aliphatic heterocycles. The summed E-state index contributed by atoms with van der Waals surface area (Å²) in [5.74, 6) is 0. The van der Waals surface area contributed by atoms with Crippen LogP contribution < -0.4 is 10.3 Å². The third-order valence-electron chi connectivity index (χ3n) is 3.43. The Bertz CT molecular complexity index is 1160. The number of nitrogens with one attached hydrogen (secondary N) is 1. The molecule has 1 N–H and O–H groups in total. The quantitative estimate of drug-likeness (QED) is 0.663. The minimum atomic E-state index is -4.70. The normalized spacial score (nSPS) is 12.3. The number of benzene rings is 2. The van der Waals surface area contributed by atoms with E-state index in [1.807, 2.05) is 4.72 Å². The van der Waals surface area contributed by atoms with E-state index in [0.717, 1.165) is 18.2 Å². The van der Waals surface area contributed by atoms with Crippen molar-refractivity contribution < 1.29 is 26.0 Å². The number of sulfonamides is 1. The lowest BCUT2D eigenvalue weighted by atomic mass is 10.2. The maximum Gasteiger partial charge on any atom is 0.416 e. The summed E-state index contributed by atoms with van der Waals surface area (Å²) in [4.78, 5) is 11.3. The van der Waals surface area contributed by atoms with Crippen molar-refractivity contribution in [2.75, 3.05) is 4.72 Å². The maximum atomic E-state index is 12.8. The van der Waals surface area contributed by atoms with E-state index in [1.165, 1.54) is 18.2 Å². The summed E-state index contributed by atoms with van der Waals surface area (Å²) in [5, 5.41) is 0.505. The van der Waals surface area contributed by atoms with Crippen molar-refractivity contribution >= 4 is 38.3 Å². The average molecular weight is 404 g/mol. The van der Waals surface area contributed by atoms with Crippen molar-refractivity contribution in [1.29, 1.82) is 0 Å². The van der Waals surface area contributed by atoms with Crippen molar-refractivity contribution in [3.63, 3.8) is 0 Å². The van der Waals surface area contributed by atoms with E-state index < -0.39 is 38.0 Å². The first-order chi connectivity index (χ1) is 12.1. The molecule has 10 heteroatoms. The van der Waals surface area contributed by atoms with Crippen LogP contribution in [0, 0.1) is 0 Å². The Morgan fingerprint density at radius 3 is 2.42 bits per heavy atom. The van der Waals surface area contributed by atoms with Crippen LogP contribution >= 0.6 is 11.6 Å². The van der Waals surface area contributed by atoms with E-state index in [4.69, 9.17) is 16.0 Å². The van der Waals surface area contributed by atoms with Gasteiger partial charge in [0.25, 0.3) is 10.0 Å². The van der Waals surface area contributed by atoms with Crippen LogP contribution in [0.3, 0.4) is 0 Å². The van der Waals surface area contributed by atoms with Crippen molar-refractivity contribution in [1.82, 2.24) is 0 Å². The van der Waals surface area contributed by atoms with Crippen molar-refractivity contribution in [2.24, 2.45) is 0 Å². The molecule has 5 nitrogen and oxygen atoms in total. The number of hydrogen-bond acceptors (Lipinski definition) is 4. The molecule has 1 aromatic heterocycles. The van der Waals surface area contributed by atoms with E-state index in [-0.39, 0.29) is 10.6 Å². The van der Waals surface area contributed by atoms with Gasteiger partial charge in [0.15, 0.2) is 5.58 Å². The molecule has 0 amide bonds. The van der Waals surface area contributed by atoms with E-state index in [9.17, 15) is 26.4 Å². The Labute approximate surface area is 150 Å². The molecular weight excluding hydrogens is 395 g/mol. The molecule has 0 fully saturated rings. The van der Waals surface area contributed by atoms with Gasteiger partial charge in [-0.2, -0.15) is 13.2 Å². The van der Waals surface area contributed by atoms with Gasteiger partial charge in [-0.25, -0.2) is 13.2 Å². The number of anilines is 1. The molecule has 136 valence electrons. The molecule has 0 aliphatic rings. The van der Waals surface area contributed by atoms with Gasteiger partial charge in [-0.1, -0.05) is 29.8 Å². The smallest absolute Gasteiger partial charge is 0.416 e. The molecule has 0 saturated carbocycles. The van der Waals surface area contributed by atoms with Gasteiger partial charge in [-0.3, -0.25) is 4.72 Å². The molecule has 3 rings (SSSR count). The second-order valence-electron chi connectivity index (χ2n) is 5.24. The molecule has 2 aromatic carbocycles. The van der Waals surface area contributed by atoms with Crippen molar-refractivity contribution in [2.45, 2.75) is 11.1 Å². The lowest BCUT2D eigenvalue weighted by molar-refractivity contribution is -0.137. The third kappa shape index (κ3) is 3.54. The molecule has 3 aromatic rings. The zero-order valence-electron chi connectivity index (χ0n) is 12.7. The summed E-state index contributed by atoms with van der Waals surface area (Å²) in [6.07, 6.45) is -4.70. The van der Waals surface area contributed by atoms with Crippen LogP contribution in [0.15, 0.2) is 62.6 Å². The largest absolute Gasteiger partial charge is 0.420 e. The molecule has 0 aliphatic carbocycles. The first-order valence-electron chi connectivity index (χ1n) is 7.00. The summed E-state index contributed by atoms with van der Waals surface area (Å²) in [6.45, 7) is 0. The predicted octanol–water partition coefficient (Wildman–Crippen LogP) is 4.27. The van der Waals surface area contributed by atoms with E-state index in [0.29, 0.717) is 11.5 Å². The zero-order chi connectivity index (χ0) is 19.1. The molecule has 0 spiro atoms. The maximum absolute atomic E-state index is 12.8. The van der Waals surface area contributed by atoms with Crippen LogP contribution in [0.1, 0.15) is 5.56 Å². The van der Waals surface area contributed by atoms with Gasteiger partial charge in [0.2, 0.25) is 0 Å². The van der Waals surface area contributed by atoms with Crippen molar-refractivity contribution in [3.8, 4) is 0 Å². The Balaban J connectivity index is 2.04. The first kappa shape index (κ1) is 18.3. The number of para-hydroxylation sites is 1. The predicted molar refractivity (Wildman–Crippen MR) is 89.7 cm³/mol. The fourth-order valence-corrected chi connectivity index (χ4v) is 3.53. The molecule has 0 bridgehead atoms. The van der Waals surface area contributed by atoms with Gasteiger partial charge in [0.1, 0.15) is 5.69 Å².